The van der Waals surface area contributed by atoms with E-state index in [1.54, 1.807) is 0 Å². The van der Waals surface area contributed by atoms with Crippen LogP contribution in [0.3, 0.4) is 0 Å². The van der Waals surface area contributed by atoms with Crippen molar-refractivity contribution in [3.8, 4) is 5.75 Å². The van der Waals surface area contributed by atoms with Gasteiger partial charge in [-0.1, -0.05) is 36.4 Å². The average Bonchev–Trinajstić information content (AvgIpc) is 2.73. The fraction of sp³-hybridized carbons (Fsp3) is 0.364. The quantitative estimate of drug-likeness (QED) is 0.910. The molecule has 140 valence electrons. The number of ether oxygens (including phenoxy) is 1. The molecule has 2 heterocycles. The number of rotatable bonds is 3. The van der Waals surface area contributed by atoms with Crippen LogP contribution in [0.2, 0.25) is 0 Å². The predicted molar refractivity (Wildman–Crippen MR) is 104 cm³/mol. The van der Waals surface area contributed by atoms with Crippen molar-refractivity contribution in [2.45, 2.75) is 19.3 Å². The number of hydrogen-bond acceptors (Lipinski definition) is 3. The lowest BCUT2D eigenvalue weighted by Gasteiger charge is -2.35. The first-order valence-electron chi connectivity index (χ1n) is 9.56. The molecule has 0 bridgehead atoms. The van der Waals surface area contributed by atoms with E-state index in [0.29, 0.717) is 32.5 Å². The van der Waals surface area contributed by atoms with Gasteiger partial charge >= 0.3 is 0 Å². The normalized spacial score (nSPS) is 19.7. The molecule has 1 N–H and O–H groups in total. The van der Waals surface area contributed by atoms with Gasteiger partial charge in [0.25, 0.3) is 0 Å². The zero-order chi connectivity index (χ0) is 18.6. The molecule has 0 saturated carbocycles. The Morgan fingerprint density at radius 3 is 2.41 bits per heavy atom. The number of nitrogens with zero attached hydrogens (tertiary/aromatic N) is 1. The van der Waals surface area contributed by atoms with Gasteiger partial charge in [0.1, 0.15) is 12.4 Å². The molecular formula is C22H24N2O3. The van der Waals surface area contributed by atoms with Gasteiger partial charge in [0, 0.05) is 24.7 Å². The Hall–Kier alpha value is -2.82. The highest BCUT2D eigenvalue weighted by Crippen LogP contribution is 2.29. The van der Waals surface area contributed by atoms with Crippen LogP contribution in [-0.2, 0) is 16.0 Å². The van der Waals surface area contributed by atoms with Crippen LogP contribution in [0.5, 0.6) is 5.75 Å². The number of para-hydroxylation sites is 2. The van der Waals surface area contributed by atoms with Crippen molar-refractivity contribution in [1.29, 1.82) is 0 Å². The molecule has 1 unspecified atom stereocenters. The first kappa shape index (κ1) is 17.6. The van der Waals surface area contributed by atoms with Crippen LogP contribution in [0.15, 0.2) is 54.6 Å². The number of nitrogens with one attached hydrogen (secondary N) is 1. The summed E-state index contributed by atoms with van der Waals surface area (Å²) in [6, 6.07) is 17.4. The molecule has 1 atom stereocenters. The van der Waals surface area contributed by atoms with Crippen LogP contribution in [0.4, 0.5) is 5.69 Å². The third-order valence-electron chi connectivity index (χ3n) is 5.45. The summed E-state index contributed by atoms with van der Waals surface area (Å²) >= 11 is 0. The first-order valence-corrected chi connectivity index (χ1v) is 9.56. The molecule has 5 heteroatoms. The molecule has 0 spiro atoms. The van der Waals surface area contributed by atoms with E-state index >= 15 is 0 Å². The zero-order valence-electron chi connectivity index (χ0n) is 15.3. The molecule has 2 aromatic rings. The molecule has 2 aromatic carbocycles. The average molecular weight is 364 g/mol. The Balaban J connectivity index is 1.30. The summed E-state index contributed by atoms with van der Waals surface area (Å²) in [5.41, 5.74) is 1.92. The maximum absolute atomic E-state index is 12.9. The Bertz CT molecular complexity index is 813. The van der Waals surface area contributed by atoms with Crippen molar-refractivity contribution in [2.24, 2.45) is 11.8 Å². The minimum atomic E-state index is -0.130. The van der Waals surface area contributed by atoms with E-state index in [-0.39, 0.29) is 23.7 Å². The number of likely N-dealkylation sites (tertiary alicyclic amines) is 1. The number of piperidine rings is 1. The van der Waals surface area contributed by atoms with E-state index in [1.807, 2.05) is 59.5 Å². The van der Waals surface area contributed by atoms with Crippen molar-refractivity contribution in [3.05, 3.63) is 60.2 Å². The van der Waals surface area contributed by atoms with Crippen LogP contribution in [0.25, 0.3) is 0 Å². The summed E-state index contributed by atoms with van der Waals surface area (Å²) in [6.07, 6.45) is 2.13. The van der Waals surface area contributed by atoms with Gasteiger partial charge in [-0.3, -0.25) is 9.59 Å². The standard InChI is InChI=1S/C22H24N2O3/c25-21(23-19-7-2-1-3-8-19)16-10-12-24(13-11-16)22(26)18-14-17-6-4-5-9-20(17)27-15-18/h1-9,16,18H,10-15H2,(H,23,25). The monoisotopic (exact) mass is 364 g/mol. The zero-order valence-corrected chi connectivity index (χ0v) is 15.3. The lowest BCUT2D eigenvalue weighted by Crippen LogP contribution is -2.46. The first-order chi connectivity index (χ1) is 13.2. The molecule has 0 aliphatic carbocycles. The van der Waals surface area contributed by atoms with E-state index in [4.69, 9.17) is 4.74 Å². The molecule has 1 saturated heterocycles. The van der Waals surface area contributed by atoms with E-state index < -0.39 is 0 Å². The second kappa shape index (κ2) is 7.82. The van der Waals surface area contributed by atoms with Gasteiger partial charge in [-0.2, -0.15) is 0 Å². The summed E-state index contributed by atoms with van der Waals surface area (Å²) in [5, 5.41) is 2.97. The molecule has 2 amide bonds. The SMILES string of the molecule is O=C(Nc1ccccc1)C1CCN(C(=O)C2COc3ccccc3C2)CC1. The van der Waals surface area contributed by atoms with Crippen LogP contribution < -0.4 is 10.1 Å². The number of fused-ring (bicyclic) bond motifs is 1. The molecule has 2 aliphatic rings. The maximum atomic E-state index is 12.9. The van der Waals surface area contributed by atoms with E-state index in [9.17, 15) is 9.59 Å². The Labute approximate surface area is 159 Å². The Morgan fingerprint density at radius 1 is 0.926 bits per heavy atom. The number of carbonyl (C=O) groups is 2. The Kier molecular flexibility index (Phi) is 5.10. The molecular weight excluding hydrogens is 340 g/mol. The molecule has 1 fully saturated rings. The second-order valence-electron chi connectivity index (χ2n) is 7.27. The predicted octanol–water partition coefficient (Wildman–Crippen LogP) is 3.12. The number of benzene rings is 2. The lowest BCUT2D eigenvalue weighted by atomic mass is 9.92. The number of anilines is 1. The number of hydrogen-bond donors (Lipinski definition) is 1. The van der Waals surface area contributed by atoms with E-state index in [0.717, 1.165) is 23.4 Å². The summed E-state index contributed by atoms with van der Waals surface area (Å²) in [7, 11) is 0. The van der Waals surface area contributed by atoms with Crippen LogP contribution in [-0.4, -0.2) is 36.4 Å². The molecule has 2 aliphatic heterocycles. The topological polar surface area (TPSA) is 58.6 Å². The lowest BCUT2D eigenvalue weighted by molar-refractivity contribution is -0.139. The summed E-state index contributed by atoms with van der Waals surface area (Å²) < 4.78 is 5.76. The van der Waals surface area contributed by atoms with Gasteiger partial charge in [0.2, 0.25) is 11.8 Å². The molecule has 4 rings (SSSR count). The van der Waals surface area contributed by atoms with Gasteiger partial charge in [-0.15, -0.1) is 0 Å². The fourth-order valence-electron chi connectivity index (χ4n) is 3.87. The third kappa shape index (κ3) is 3.97. The van der Waals surface area contributed by atoms with Crippen molar-refractivity contribution in [1.82, 2.24) is 4.90 Å². The van der Waals surface area contributed by atoms with E-state index in [2.05, 4.69) is 5.32 Å². The van der Waals surface area contributed by atoms with Crippen LogP contribution in [0, 0.1) is 11.8 Å². The summed E-state index contributed by atoms with van der Waals surface area (Å²) in [4.78, 5) is 27.2. The number of carbonyl (C=O) groups excluding carboxylic acids is 2. The van der Waals surface area contributed by atoms with Crippen LogP contribution in [0.1, 0.15) is 18.4 Å². The number of amides is 2. The van der Waals surface area contributed by atoms with Gasteiger partial charge < -0.3 is 15.0 Å². The van der Waals surface area contributed by atoms with Gasteiger partial charge in [-0.05, 0) is 43.0 Å². The highest BCUT2D eigenvalue weighted by atomic mass is 16.5. The maximum Gasteiger partial charge on any atom is 0.229 e. The molecule has 0 radical (unpaired) electrons. The minimum Gasteiger partial charge on any atom is -0.492 e. The summed E-state index contributed by atoms with van der Waals surface area (Å²) in [5.74, 6) is 0.902. The van der Waals surface area contributed by atoms with Crippen molar-refractivity contribution < 1.29 is 14.3 Å². The van der Waals surface area contributed by atoms with Gasteiger partial charge in [0.15, 0.2) is 0 Å². The van der Waals surface area contributed by atoms with Crippen LogP contribution >= 0.6 is 0 Å². The van der Waals surface area contributed by atoms with Crippen molar-refractivity contribution in [3.63, 3.8) is 0 Å². The highest BCUT2D eigenvalue weighted by Gasteiger charge is 2.33. The van der Waals surface area contributed by atoms with Gasteiger partial charge in [0.05, 0.1) is 5.92 Å². The molecule has 5 nitrogen and oxygen atoms in total. The third-order valence-corrected chi connectivity index (χ3v) is 5.45. The largest absolute Gasteiger partial charge is 0.492 e. The molecule has 0 aromatic heterocycles. The fourth-order valence-corrected chi connectivity index (χ4v) is 3.87. The van der Waals surface area contributed by atoms with Crippen molar-refractivity contribution >= 4 is 17.5 Å². The molecule has 27 heavy (non-hydrogen) atoms. The summed E-state index contributed by atoms with van der Waals surface area (Å²) in [6.45, 7) is 1.69. The smallest absolute Gasteiger partial charge is 0.229 e. The Morgan fingerprint density at radius 2 is 1.63 bits per heavy atom. The van der Waals surface area contributed by atoms with E-state index in [1.165, 1.54) is 0 Å². The van der Waals surface area contributed by atoms with Gasteiger partial charge in [-0.25, -0.2) is 0 Å². The second-order valence-corrected chi connectivity index (χ2v) is 7.27. The minimum absolute atomic E-state index is 0.0439. The highest BCUT2D eigenvalue weighted by molar-refractivity contribution is 5.92. The van der Waals surface area contributed by atoms with Crippen molar-refractivity contribution in [2.75, 3.05) is 25.0 Å².